The maximum atomic E-state index is 11.0. The number of rotatable bonds is 4. The van der Waals surface area contributed by atoms with E-state index in [9.17, 15) is 4.79 Å². The predicted octanol–water partition coefficient (Wildman–Crippen LogP) is 2.81. The maximum absolute atomic E-state index is 11.0. The lowest BCUT2D eigenvalue weighted by Crippen LogP contribution is -2.23. The van der Waals surface area contributed by atoms with Crippen LogP contribution in [0, 0.1) is 0 Å². The van der Waals surface area contributed by atoms with E-state index < -0.39 is 0 Å². The number of ether oxygens (including phenoxy) is 1. The Morgan fingerprint density at radius 2 is 2.07 bits per heavy atom. The van der Waals surface area contributed by atoms with Gasteiger partial charge >= 0.3 is 5.97 Å². The molecule has 1 fully saturated rings. The normalized spacial score (nSPS) is 15.5. The van der Waals surface area contributed by atoms with E-state index in [0.717, 1.165) is 0 Å². The van der Waals surface area contributed by atoms with E-state index in [-0.39, 0.29) is 12.1 Å². The molecule has 1 heterocycles. The Bertz CT molecular complexity index is 156. The Morgan fingerprint density at radius 1 is 1.50 bits per heavy atom. The minimum Gasteiger partial charge on any atom is -0.462 e. The summed E-state index contributed by atoms with van der Waals surface area (Å²) < 4.78 is 5.00. The summed E-state index contributed by atoms with van der Waals surface area (Å²) in [6.07, 6.45) is 0.0221. The Labute approximate surface area is 95.5 Å². The third kappa shape index (κ3) is 6.60. The van der Waals surface area contributed by atoms with Crippen molar-refractivity contribution >= 4 is 29.5 Å². The van der Waals surface area contributed by atoms with Crippen LogP contribution >= 0.6 is 23.5 Å². The van der Waals surface area contributed by atoms with Crippen LogP contribution in [0.4, 0.5) is 0 Å². The largest absolute Gasteiger partial charge is 0.462 e. The van der Waals surface area contributed by atoms with E-state index in [1.54, 1.807) is 11.8 Å². The highest BCUT2D eigenvalue weighted by atomic mass is 32.2. The highest BCUT2D eigenvalue weighted by molar-refractivity contribution is 8.07. The molecule has 0 spiro atoms. The Morgan fingerprint density at radius 3 is 2.43 bits per heavy atom. The Balaban J connectivity index is 0.000000791. The molecule has 2 nitrogen and oxygen atoms in total. The number of carbonyl (C=O) groups excluding carboxylic acids is 1. The van der Waals surface area contributed by atoms with Crippen LogP contribution in [0.3, 0.4) is 0 Å². The molecule has 0 aromatic heterocycles. The fraction of sp³-hybridized carbons (Fsp3) is 0.900. The highest BCUT2D eigenvalue weighted by Gasteiger charge is 2.20. The fourth-order valence-corrected chi connectivity index (χ4v) is 3.01. The van der Waals surface area contributed by atoms with E-state index in [1.807, 2.05) is 39.5 Å². The van der Waals surface area contributed by atoms with E-state index in [2.05, 4.69) is 0 Å². The molecule has 4 heteroatoms. The molecule has 0 amide bonds. The number of esters is 1. The molecule has 1 aliphatic rings. The van der Waals surface area contributed by atoms with Gasteiger partial charge in [0, 0.05) is 16.8 Å². The van der Waals surface area contributed by atoms with Crippen molar-refractivity contribution in [3.63, 3.8) is 0 Å². The van der Waals surface area contributed by atoms with Gasteiger partial charge in [0.2, 0.25) is 0 Å². The molecule has 0 bridgehead atoms. The summed E-state index contributed by atoms with van der Waals surface area (Å²) in [4.78, 5) is 11.0. The fourth-order valence-electron chi connectivity index (χ4n) is 0.793. The highest BCUT2D eigenvalue weighted by Crippen LogP contribution is 2.29. The van der Waals surface area contributed by atoms with Crippen molar-refractivity contribution in [2.45, 2.75) is 39.0 Å². The Hall–Kier alpha value is 0.170. The summed E-state index contributed by atoms with van der Waals surface area (Å²) in [5.74, 6) is 2.83. The van der Waals surface area contributed by atoms with Crippen molar-refractivity contribution in [2.75, 3.05) is 17.3 Å². The molecule has 84 valence electrons. The van der Waals surface area contributed by atoms with Crippen molar-refractivity contribution in [3.8, 4) is 0 Å². The average molecular weight is 236 g/mol. The summed E-state index contributed by atoms with van der Waals surface area (Å²) in [7, 11) is 0. The van der Waals surface area contributed by atoms with E-state index in [1.165, 1.54) is 11.5 Å². The van der Waals surface area contributed by atoms with Gasteiger partial charge in [-0.05, 0) is 13.8 Å². The van der Waals surface area contributed by atoms with Crippen molar-refractivity contribution < 1.29 is 9.53 Å². The first kappa shape index (κ1) is 14.2. The van der Waals surface area contributed by atoms with Crippen molar-refractivity contribution in [1.29, 1.82) is 0 Å². The van der Waals surface area contributed by atoms with Crippen LogP contribution < -0.4 is 0 Å². The van der Waals surface area contributed by atoms with Crippen LogP contribution in [-0.4, -0.2) is 34.6 Å². The zero-order valence-corrected chi connectivity index (χ0v) is 11.0. The van der Waals surface area contributed by atoms with Gasteiger partial charge in [-0.25, -0.2) is 0 Å². The molecule has 1 aliphatic heterocycles. The monoisotopic (exact) mass is 236 g/mol. The molecule has 0 saturated carbocycles. The van der Waals surface area contributed by atoms with Gasteiger partial charge in [-0.1, -0.05) is 13.8 Å². The van der Waals surface area contributed by atoms with Gasteiger partial charge in [0.25, 0.3) is 0 Å². The summed E-state index contributed by atoms with van der Waals surface area (Å²) in [5, 5.41) is 0.690. The summed E-state index contributed by atoms with van der Waals surface area (Å²) in [5.41, 5.74) is 0. The molecule has 0 atom stereocenters. The summed E-state index contributed by atoms with van der Waals surface area (Å²) in [6.45, 7) is 7.75. The minimum atomic E-state index is -0.0769. The molecule has 0 aromatic rings. The van der Waals surface area contributed by atoms with Gasteiger partial charge in [0.15, 0.2) is 0 Å². The summed E-state index contributed by atoms with van der Waals surface area (Å²) >= 11 is 3.66. The number of carbonyl (C=O) groups is 1. The summed E-state index contributed by atoms with van der Waals surface area (Å²) in [6, 6.07) is 0. The zero-order valence-electron chi connectivity index (χ0n) is 9.41. The lowest BCUT2D eigenvalue weighted by Gasteiger charge is -2.23. The molecule has 0 aliphatic carbocycles. The number of hydrogen-bond donors (Lipinski definition) is 0. The van der Waals surface area contributed by atoms with Crippen molar-refractivity contribution in [3.05, 3.63) is 0 Å². The molecule has 0 unspecified atom stereocenters. The lowest BCUT2D eigenvalue weighted by molar-refractivity contribution is -0.144. The van der Waals surface area contributed by atoms with Crippen LogP contribution in [0.5, 0.6) is 0 Å². The smallest absolute Gasteiger partial charge is 0.316 e. The molecule has 0 N–H and O–H groups in total. The lowest BCUT2D eigenvalue weighted by atomic mass is 10.5. The first-order chi connectivity index (χ1) is 6.68. The predicted molar refractivity (Wildman–Crippen MR) is 66.1 cm³/mol. The maximum Gasteiger partial charge on any atom is 0.316 e. The van der Waals surface area contributed by atoms with Gasteiger partial charge in [-0.2, -0.15) is 11.8 Å². The molecular formula is C10H20O2S2. The second-order valence-corrected chi connectivity index (χ2v) is 5.37. The van der Waals surface area contributed by atoms with Crippen LogP contribution in [-0.2, 0) is 9.53 Å². The molecule has 14 heavy (non-hydrogen) atoms. The second-order valence-electron chi connectivity index (χ2n) is 3.01. The van der Waals surface area contributed by atoms with Crippen molar-refractivity contribution in [1.82, 2.24) is 0 Å². The third-order valence-corrected chi connectivity index (χ3v) is 4.32. The first-order valence-electron chi connectivity index (χ1n) is 5.07. The molecule has 1 saturated heterocycles. The average Bonchev–Trinajstić information content (AvgIpc) is 2.03. The Kier molecular flexibility index (Phi) is 8.58. The van der Waals surface area contributed by atoms with E-state index in [0.29, 0.717) is 11.0 Å². The third-order valence-electron chi connectivity index (χ3n) is 1.41. The van der Waals surface area contributed by atoms with Crippen LogP contribution in [0.15, 0.2) is 0 Å². The van der Waals surface area contributed by atoms with Crippen LogP contribution in [0.1, 0.15) is 27.7 Å². The SMILES string of the molecule is CC.CC(C)OC(=O)CSC1CSC1. The van der Waals surface area contributed by atoms with Gasteiger partial charge in [-0.3, -0.25) is 4.79 Å². The number of hydrogen-bond acceptors (Lipinski definition) is 4. The topological polar surface area (TPSA) is 26.3 Å². The van der Waals surface area contributed by atoms with Gasteiger partial charge < -0.3 is 4.74 Å². The van der Waals surface area contributed by atoms with Gasteiger partial charge in [0.05, 0.1) is 11.9 Å². The van der Waals surface area contributed by atoms with Gasteiger partial charge in [-0.15, -0.1) is 11.8 Å². The molecule has 1 rings (SSSR count). The van der Waals surface area contributed by atoms with E-state index >= 15 is 0 Å². The standard InChI is InChI=1S/C8H14O2S2.C2H6/c1-6(2)10-8(9)5-12-7-3-11-4-7;1-2/h6-7H,3-5H2,1-2H3;1-2H3. The zero-order chi connectivity index (χ0) is 11.0. The quantitative estimate of drug-likeness (QED) is 0.701. The first-order valence-corrected chi connectivity index (χ1v) is 7.27. The van der Waals surface area contributed by atoms with Crippen LogP contribution in [0.25, 0.3) is 0 Å². The molecule has 0 aromatic carbocycles. The van der Waals surface area contributed by atoms with E-state index in [4.69, 9.17) is 4.74 Å². The second kappa shape index (κ2) is 8.48. The molecule has 0 radical (unpaired) electrons. The number of thioether (sulfide) groups is 2. The van der Waals surface area contributed by atoms with Gasteiger partial charge in [0.1, 0.15) is 0 Å². The molecular weight excluding hydrogens is 216 g/mol. The van der Waals surface area contributed by atoms with Crippen molar-refractivity contribution in [2.24, 2.45) is 0 Å². The van der Waals surface area contributed by atoms with Crippen LogP contribution in [0.2, 0.25) is 0 Å². The minimum absolute atomic E-state index is 0.0221.